The van der Waals surface area contributed by atoms with Gasteiger partial charge in [0.15, 0.2) is 0 Å². The smallest absolute Gasteiger partial charge is 0.410 e. The fraction of sp³-hybridized carbons (Fsp3) is 0.259. The Morgan fingerprint density at radius 1 is 1.05 bits per heavy atom. The number of fused-ring (bicyclic) bond motifs is 1. The lowest BCUT2D eigenvalue weighted by molar-refractivity contribution is 0.0965. The predicted octanol–water partition coefficient (Wildman–Crippen LogP) is 3.14. The summed E-state index contributed by atoms with van der Waals surface area (Å²) < 4.78 is 32.4. The highest BCUT2D eigenvalue weighted by Crippen LogP contribution is 2.37. The van der Waals surface area contributed by atoms with Gasteiger partial charge in [-0.3, -0.25) is 14.9 Å². The molecule has 5 amide bonds. The SMILES string of the molecule is CCOC(=O)N1CCc2c(sc(NC(=O)c3ccc(S(=O)(=O)N(C)Cc4ccccc4)cc3)c2C(=O)NC(N)=O)C1. The summed E-state index contributed by atoms with van der Waals surface area (Å²) in [7, 11) is -2.35. The van der Waals surface area contributed by atoms with Crippen molar-refractivity contribution < 1.29 is 32.3 Å². The van der Waals surface area contributed by atoms with Crippen molar-refractivity contribution in [2.24, 2.45) is 5.73 Å². The number of hydrogen-bond donors (Lipinski definition) is 3. The minimum Gasteiger partial charge on any atom is -0.450 e. The molecule has 1 aliphatic rings. The van der Waals surface area contributed by atoms with Gasteiger partial charge in [0.2, 0.25) is 10.0 Å². The van der Waals surface area contributed by atoms with Crippen LogP contribution in [-0.4, -0.2) is 61.8 Å². The molecule has 0 atom stereocenters. The van der Waals surface area contributed by atoms with Crippen molar-refractivity contribution in [3.8, 4) is 0 Å². The number of carbonyl (C=O) groups excluding carboxylic acids is 4. The Labute approximate surface area is 241 Å². The molecule has 1 aromatic heterocycles. The van der Waals surface area contributed by atoms with E-state index in [0.29, 0.717) is 16.9 Å². The van der Waals surface area contributed by atoms with Crippen LogP contribution in [0.1, 0.15) is 43.6 Å². The molecule has 3 aromatic rings. The molecule has 41 heavy (non-hydrogen) atoms. The Bertz CT molecular complexity index is 1570. The minimum atomic E-state index is -3.82. The van der Waals surface area contributed by atoms with Crippen LogP contribution in [0, 0.1) is 0 Å². The summed E-state index contributed by atoms with van der Waals surface area (Å²) in [6.45, 7) is 2.53. The first-order valence-electron chi connectivity index (χ1n) is 12.6. The number of nitrogens with two attached hydrogens (primary N) is 1. The summed E-state index contributed by atoms with van der Waals surface area (Å²) >= 11 is 1.09. The third-order valence-electron chi connectivity index (χ3n) is 6.35. The molecular formula is C27H29N5O7S2. The molecule has 0 saturated heterocycles. The maximum atomic E-state index is 13.1. The van der Waals surface area contributed by atoms with Gasteiger partial charge < -0.3 is 20.7 Å². The highest BCUT2D eigenvalue weighted by molar-refractivity contribution is 7.89. The Balaban J connectivity index is 1.55. The van der Waals surface area contributed by atoms with Gasteiger partial charge in [-0.15, -0.1) is 11.3 Å². The Morgan fingerprint density at radius 3 is 2.37 bits per heavy atom. The molecule has 0 radical (unpaired) electrons. The van der Waals surface area contributed by atoms with E-state index in [1.165, 1.54) is 40.5 Å². The average Bonchev–Trinajstić information content (AvgIpc) is 3.30. The summed E-state index contributed by atoms with van der Waals surface area (Å²) in [5, 5.41) is 4.90. The summed E-state index contributed by atoms with van der Waals surface area (Å²) in [6, 6.07) is 13.5. The van der Waals surface area contributed by atoms with Gasteiger partial charge in [-0.2, -0.15) is 4.31 Å². The molecule has 2 aromatic carbocycles. The van der Waals surface area contributed by atoms with E-state index in [-0.39, 0.29) is 47.3 Å². The van der Waals surface area contributed by atoms with E-state index in [4.69, 9.17) is 10.5 Å². The zero-order chi connectivity index (χ0) is 29.7. The van der Waals surface area contributed by atoms with Gasteiger partial charge in [0.05, 0.1) is 23.6 Å². The van der Waals surface area contributed by atoms with Crippen molar-refractivity contribution in [3.05, 3.63) is 81.7 Å². The molecule has 0 fully saturated rings. The molecule has 0 aliphatic carbocycles. The fourth-order valence-electron chi connectivity index (χ4n) is 4.34. The lowest BCUT2D eigenvalue weighted by Gasteiger charge is -2.26. The molecular weight excluding hydrogens is 570 g/mol. The van der Waals surface area contributed by atoms with Crippen molar-refractivity contribution in [1.82, 2.24) is 14.5 Å². The summed E-state index contributed by atoms with van der Waals surface area (Å²) in [5.74, 6) is -1.38. The van der Waals surface area contributed by atoms with Crippen molar-refractivity contribution in [3.63, 3.8) is 0 Å². The largest absolute Gasteiger partial charge is 0.450 e. The number of sulfonamides is 1. The molecule has 12 nitrogen and oxygen atoms in total. The van der Waals surface area contributed by atoms with Crippen LogP contribution in [0.15, 0.2) is 59.5 Å². The molecule has 0 spiro atoms. The topological polar surface area (TPSA) is 168 Å². The van der Waals surface area contributed by atoms with Crippen molar-refractivity contribution in [2.45, 2.75) is 31.3 Å². The number of ether oxygens (including phenoxy) is 1. The second kappa shape index (κ2) is 12.5. The summed E-state index contributed by atoms with van der Waals surface area (Å²) in [4.78, 5) is 51.8. The van der Waals surface area contributed by atoms with Crippen LogP contribution >= 0.6 is 11.3 Å². The van der Waals surface area contributed by atoms with Gasteiger partial charge >= 0.3 is 12.1 Å². The van der Waals surface area contributed by atoms with E-state index in [1.807, 2.05) is 35.6 Å². The molecule has 0 unspecified atom stereocenters. The highest BCUT2D eigenvalue weighted by Gasteiger charge is 2.31. The highest BCUT2D eigenvalue weighted by atomic mass is 32.2. The molecule has 14 heteroatoms. The number of urea groups is 1. The quantitative estimate of drug-likeness (QED) is 0.357. The molecule has 4 N–H and O–H groups in total. The third-order valence-corrected chi connectivity index (χ3v) is 9.30. The number of rotatable bonds is 8. The first kappa shape index (κ1) is 29.7. The van der Waals surface area contributed by atoms with E-state index in [0.717, 1.165) is 16.9 Å². The monoisotopic (exact) mass is 599 g/mol. The number of anilines is 1. The molecule has 0 bridgehead atoms. The summed E-state index contributed by atoms with van der Waals surface area (Å²) in [5.41, 5.74) is 6.80. The zero-order valence-electron chi connectivity index (χ0n) is 22.4. The molecule has 4 rings (SSSR count). The Morgan fingerprint density at radius 2 is 1.73 bits per heavy atom. The van der Waals surface area contributed by atoms with Crippen molar-refractivity contribution in [2.75, 3.05) is 25.5 Å². The average molecular weight is 600 g/mol. The van der Waals surface area contributed by atoms with Crippen LogP contribution in [0.3, 0.4) is 0 Å². The van der Waals surface area contributed by atoms with Gasteiger partial charge in [0.1, 0.15) is 5.00 Å². The van der Waals surface area contributed by atoms with Gasteiger partial charge in [-0.25, -0.2) is 18.0 Å². The maximum Gasteiger partial charge on any atom is 0.410 e. The first-order valence-corrected chi connectivity index (χ1v) is 14.9. The first-order chi connectivity index (χ1) is 19.5. The van der Waals surface area contributed by atoms with Crippen molar-refractivity contribution >= 4 is 50.3 Å². The summed E-state index contributed by atoms with van der Waals surface area (Å²) in [6.07, 6.45) is -0.199. The van der Waals surface area contributed by atoms with Crippen LogP contribution in [0.2, 0.25) is 0 Å². The number of hydrogen-bond acceptors (Lipinski definition) is 8. The van der Waals surface area contributed by atoms with E-state index in [2.05, 4.69) is 5.32 Å². The fourth-order valence-corrected chi connectivity index (χ4v) is 6.75. The number of amides is 5. The lowest BCUT2D eigenvalue weighted by Crippen LogP contribution is -2.38. The molecule has 216 valence electrons. The molecule has 2 heterocycles. The van der Waals surface area contributed by atoms with E-state index in [1.54, 1.807) is 6.92 Å². The minimum absolute atomic E-state index is 0.0136. The number of imide groups is 1. The van der Waals surface area contributed by atoms with Crippen LogP contribution in [0.4, 0.5) is 14.6 Å². The normalized spacial score (nSPS) is 12.9. The number of carbonyl (C=O) groups is 4. The second-order valence-corrected chi connectivity index (χ2v) is 12.3. The van der Waals surface area contributed by atoms with Crippen LogP contribution in [0.25, 0.3) is 0 Å². The number of primary amides is 1. The van der Waals surface area contributed by atoms with E-state index in [9.17, 15) is 27.6 Å². The molecule has 0 saturated carbocycles. The van der Waals surface area contributed by atoms with Crippen LogP contribution in [-0.2, 0) is 34.3 Å². The maximum absolute atomic E-state index is 13.1. The van der Waals surface area contributed by atoms with E-state index < -0.39 is 34.0 Å². The third kappa shape index (κ3) is 6.73. The number of nitrogens with zero attached hydrogens (tertiary/aromatic N) is 2. The number of thiophene rings is 1. The van der Waals surface area contributed by atoms with Crippen LogP contribution < -0.4 is 16.4 Å². The van der Waals surface area contributed by atoms with Gasteiger partial charge in [0.25, 0.3) is 11.8 Å². The van der Waals surface area contributed by atoms with E-state index >= 15 is 0 Å². The second-order valence-electron chi connectivity index (χ2n) is 9.12. The van der Waals surface area contributed by atoms with Gasteiger partial charge in [0, 0.05) is 30.6 Å². The predicted molar refractivity (Wildman–Crippen MR) is 152 cm³/mol. The van der Waals surface area contributed by atoms with Gasteiger partial charge in [-0.05, 0) is 48.7 Å². The molecule has 1 aliphatic heterocycles. The number of nitrogens with one attached hydrogen (secondary N) is 2. The zero-order valence-corrected chi connectivity index (χ0v) is 24.0. The van der Waals surface area contributed by atoms with Crippen LogP contribution in [0.5, 0.6) is 0 Å². The van der Waals surface area contributed by atoms with Gasteiger partial charge in [-0.1, -0.05) is 30.3 Å². The lowest BCUT2D eigenvalue weighted by atomic mass is 10.0. The van der Waals surface area contributed by atoms with Crippen molar-refractivity contribution in [1.29, 1.82) is 0 Å². The Hall–Kier alpha value is -4.27. The Kier molecular flexibility index (Phi) is 9.05. The standard InChI is InChI=1S/C27H29N5O7S2/c1-3-39-27(36)32-14-13-20-21(16-32)40-25(22(20)24(34)30-26(28)35)29-23(33)18-9-11-19(12-10-18)41(37,38)31(2)15-17-7-5-4-6-8-17/h4-12H,3,13-16H2,1-2H3,(H,29,33)(H3,28,30,34,35). The number of benzene rings is 2.